The molecule has 0 radical (unpaired) electrons. The lowest BCUT2D eigenvalue weighted by Crippen LogP contribution is -2.60. The summed E-state index contributed by atoms with van der Waals surface area (Å²) in [5, 5.41) is 28.1. The van der Waals surface area contributed by atoms with E-state index in [2.05, 4.69) is 65.3 Å². The fourth-order valence-corrected chi connectivity index (χ4v) is 8.79. The summed E-state index contributed by atoms with van der Waals surface area (Å²) in [5.41, 5.74) is 10.1. The number of nitrogens with one attached hydrogen (secondary N) is 2. The second kappa shape index (κ2) is 16.8. The number of nitrogens with zero attached hydrogens (tertiary/aromatic N) is 5. The first-order valence-corrected chi connectivity index (χ1v) is 20.5. The number of aliphatic carboxylic acids is 1. The Bertz CT molecular complexity index is 2250. The summed E-state index contributed by atoms with van der Waals surface area (Å²) in [5.74, 6) is -1.89. The molecule has 1 saturated carbocycles. The zero-order valence-corrected chi connectivity index (χ0v) is 33.9. The van der Waals surface area contributed by atoms with Crippen LogP contribution in [0.1, 0.15) is 80.8 Å². The molecular weight excluding hydrogens is 743 g/mol. The van der Waals surface area contributed by atoms with Crippen LogP contribution in [0.4, 0.5) is 0 Å². The molecule has 2 fully saturated rings. The van der Waals surface area contributed by atoms with Gasteiger partial charge in [0.1, 0.15) is 12.1 Å². The Labute approximate surface area is 336 Å². The van der Waals surface area contributed by atoms with Crippen molar-refractivity contribution in [3.8, 4) is 22.5 Å². The van der Waals surface area contributed by atoms with E-state index in [0.29, 0.717) is 43.8 Å². The minimum absolute atomic E-state index is 0.0138. The lowest BCUT2D eigenvalue weighted by atomic mass is 9.84. The Morgan fingerprint density at radius 3 is 2.68 bits per heavy atom. The molecule has 4 N–H and O–H groups in total. The molecule has 2 amide bonds. The van der Waals surface area contributed by atoms with Crippen LogP contribution >= 0.6 is 11.3 Å². The van der Waals surface area contributed by atoms with Crippen LogP contribution in [0, 0.1) is 11.3 Å². The standard InChI is InChI=1S/C43H51N7O6S/c1-6-49-36-14-13-26(18-30(36)32(21-43(3,4)24-51)39(49)28-11-8-16-45-38(28)25(2)56-5)35-23-57-37(46-35)20-34(41(53)50-17-9-12-33(48-50)42(54)55)47-40(52)31-19-29(31)27-10-7-15-44-22-27/h7-8,10-11,13-16,18,22-23,25,29,31,33-34,48,51H,6,9,12,17,19-21,24H2,1-5H3,(H,47,52)(H,54,55)/t25-,29-,31+,33-,34-/m0/s1. The number of rotatable bonds is 15. The number of carbonyl (C=O) groups is 3. The second-order valence-electron chi connectivity index (χ2n) is 15.9. The third kappa shape index (κ3) is 8.50. The quantitative estimate of drug-likeness (QED) is 0.0998. The van der Waals surface area contributed by atoms with Gasteiger partial charge in [0.05, 0.1) is 28.2 Å². The summed E-state index contributed by atoms with van der Waals surface area (Å²) in [6.07, 6.45) is 7.37. The minimum atomic E-state index is -1.03. The third-order valence-electron chi connectivity index (χ3n) is 11.2. The maximum atomic E-state index is 14.1. The Morgan fingerprint density at radius 1 is 1.16 bits per heavy atom. The molecule has 13 nitrogen and oxygen atoms in total. The molecule has 300 valence electrons. The van der Waals surface area contributed by atoms with Crippen LogP contribution in [-0.4, -0.2) is 84.9 Å². The number of pyridine rings is 2. The van der Waals surface area contributed by atoms with Gasteiger partial charge in [0.15, 0.2) is 0 Å². The fraction of sp³-hybridized carbons (Fsp3) is 0.442. The molecule has 57 heavy (non-hydrogen) atoms. The van der Waals surface area contributed by atoms with Gasteiger partial charge >= 0.3 is 5.97 Å². The number of hydrogen-bond acceptors (Lipinski definition) is 10. The minimum Gasteiger partial charge on any atom is -0.480 e. The molecule has 0 unspecified atom stereocenters. The number of fused-ring (bicyclic) bond motifs is 1. The molecule has 5 heterocycles. The number of aliphatic hydroxyl groups is 1. The van der Waals surface area contributed by atoms with Gasteiger partial charge < -0.3 is 24.8 Å². The van der Waals surface area contributed by atoms with Crippen molar-refractivity contribution < 1.29 is 29.3 Å². The van der Waals surface area contributed by atoms with Crippen LogP contribution in [0.2, 0.25) is 0 Å². The van der Waals surface area contributed by atoms with Crippen molar-refractivity contribution in [3.63, 3.8) is 0 Å². The SMILES string of the molecule is CCn1c(-c2cccnc2[C@H](C)OC)c(CC(C)(C)CO)c2cc(-c3csc(C[C@H](NC(=O)[C@@H]4C[C@H]4c4cccnc4)C(=O)N4CCC[C@@H](C(=O)O)N4)n3)ccc21. The first-order valence-electron chi connectivity index (χ1n) is 19.6. The molecule has 1 aromatic carbocycles. The highest BCUT2D eigenvalue weighted by molar-refractivity contribution is 7.10. The Kier molecular flexibility index (Phi) is 11.9. The van der Waals surface area contributed by atoms with Crippen molar-refractivity contribution >= 4 is 40.0 Å². The van der Waals surface area contributed by atoms with Crippen LogP contribution in [0.15, 0.2) is 66.4 Å². The van der Waals surface area contributed by atoms with Crippen LogP contribution in [0.3, 0.4) is 0 Å². The molecular formula is C43H51N7O6S. The van der Waals surface area contributed by atoms with Crippen molar-refractivity contribution in [3.05, 3.63) is 88.3 Å². The lowest BCUT2D eigenvalue weighted by molar-refractivity contribution is -0.148. The summed E-state index contributed by atoms with van der Waals surface area (Å²) in [7, 11) is 1.68. The molecule has 5 atom stereocenters. The molecule has 1 aliphatic carbocycles. The number of carboxylic acids is 1. The topological polar surface area (TPSA) is 172 Å². The molecule has 0 spiro atoms. The van der Waals surface area contributed by atoms with Crippen molar-refractivity contribution in [1.29, 1.82) is 0 Å². The predicted molar refractivity (Wildman–Crippen MR) is 218 cm³/mol. The number of benzene rings is 1. The molecule has 4 aromatic heterocycles. The summed E-state index contributed by atoms with van der Waals surface area (Å²) < 4.78 is 8.05. The Hall–Kier alpha value is -5.02. The van der Waals surface area contributed by atoms with Gasteiger partial charge in [-0.3, -0.25) is 29.4 Å². The zero-order valence-electron chi connectivity index (χ0n) is 33.1. The van der Waals surface area contributed by atoms with E-state index < -0.39 is 29.4 Å². The van der Waals surface area contributed by atoms with E-state index in [0.717, 1.165) is 50.2 Å². The van der Waals surface area contributed by atoms with E-state index in [1.807, 2.05) is 30.5 Å². The summed E-state index contributed by atoms with van der Waals surface area (Å²) in [6, 6.07) is 12.3. The van der Waals surface area contributed by atoms with E-state index in [9.17, 15) is 24.6 Å². The average molecular weight is 794 g/mol. The molecule has 7 rings (SSSR count). The Morgan fingerprint density at radius 2 is 1.96 bits per heavy atom. The van der Waals surface area contributed by atoms with E-state index in [4.69, 9.17) is 14.7 Å². The van der Waals surface area contributed by atoms with Gasteiger partial charge in [-0.2, -0.15) is 0 Å². The number of methoxy groups -OCH3 is 1. The molecule has 14 heteroatoms. The summed E-state index contributed by atoms with van der Waals surface area (Å²) in [6.45, 7) is 9.30. The smallest absolute Gasteiger partial charge is 0.322 e. The second-order valence-corrected chi connectivity index (χ2v) is 16.8. The number of hydrazine groups is 1. The zero-order chi connectivity index (χ0) is 40.4. The molecule has 0 bridgehead atoms. The van der Waals surface area contributed by atoms with Crippen molar-refractivity contribution in [2.24, 2.45) is 11.3 Å². The number of thiazole rings is 1. The van der Waals surface area contributed by atoms with Crippen molar-refractivity contribution in [2.45, 2.75) is 90.4 Å². The van der Waals surface area contributed by atoms with Crippen molar-refractivity contribution in [1.82, 2.24) is 35.3 Å². The van der Waals surface area contributed by atoms with Crippen molar-refractivity contribution in [2.75, 3.05) is 20.3 Å². The number of hydrogen-bond donors (Lipinski definition) is 4. The molecule has 2 aliphatic rings. The predicted octanol–water partition coefficient (Wildman–Crippen LogP) is 5.92. The van der Waals surface area contributed by atoms with Gasteiger partial charge in [-0.05, 0) is 92.3 Å². The highest BCUT2D eigenvalue weighted by Crippen LogP contribution is 2.47. The maximum Gasteiger partial charge on any atom is 0.322 e. The monoisotopic (exact) mass is 793 g/mol. The van der Waals surface area contributed by atoms with Gasteiger partial charge in [-0.25, -0.2) is 10.4 Å². The fourth-order valence-electron chi connectivity index (χ4n) is 7.94. The number of aryl methyl sites for hydroxylation is 1. The largest absolute Gasteiger partial charge is 0.480 e. The molecule has 1 saturated heterocycles. The number of carboxylic acid groups (broad SMARTS) is 1. The number of amides is 2. The van der Waals surface area contributed by atoms with E-state index in [1.165, 1.54) is 16.3 Å². The Balaban J connectivity index is 1.21. The maximum absolute atomic E-state index is 14.1. The third-order valence-corrected chi connectivity index (χ3v) is 12.1. The van der Waals surface area contributed by atoms with Crippen LogP contribution < -0.4 is 10.7 Å². The van der Waals surface area contributed by atoms with Crippen LogP contribution in [0.5, 0.6) is 0 Å². The van der Waals surface area contributed by atoms with E-state index >= 15 is 0 Å². The number of aliphatic hydroxyl groups excluding tert-OH is 1. The highest BCUT2D eigenvalue weighted by Gasteiger charge is 2.45. The summed E-state index contributed by atoms with van der Waals surface area (Å²) in [4.78, 5) is 53.4. The van der Waals surface area contributed by atoms with Gasteiger partial charge in [0, 0.05) is 85.1 Å². The van der Waals surface area contributed by atoms with E-state index in [1.54, 1.807) is 25.7 Å². The number of ether oxygens (including phenoxy) is 1. The average Bonchev–Trinajstić information content (AvgIpc) is 3.81. The number of aromatic nitrogens is 4. The summed E-state index contributed by atoms with van der Waals surface area (Å²) >= 11 is 1.41. The first kappa shape index (κ1) is 40.2. The van der Waals surface area contributed by atoms with Crippen LogP contribution in [0.25, 0.3) is 33.4 Å². The lowest BCUT2D eigenvalue weighted by Gasteiger charge is -2.34. The highest BCUT2D eigenvalue weighted by atomic mass is 32.1. The molecule has 1 aliphatic heterocycles. The van der Waals surface area contributed by atoms with E-state index in [-0.39, 0.29) is 36.9 Å². The number of carbonyl (C=O) groups excluding carboxylic acids is 2. The van der Waals surface area contributed by atoms with Gasteiger partial charge in [0.2, 0.25) is 5.91 Å². The first-order chi connectivity index (χ1) is 27.4. The van der Waals surface area contributed by atoms with Gasteiger partial charge in [0.25, 0.3) is 5.91 Å². The van der Waals surface area contributed by atoms with Gasteiger partial charge in [-0.1, -0.05) is 26.0 Å². The molecule has 5 aromatic rings. The van der Waals surface area contributed by atoms with Crippen LogP contribution in [-0.2, 0) is 38.5 Å². The normalized spacial score (nSPS) is 19.3. The van der Waals surface area contributed by atoms with Gasteiger partial charge in [-0.15, -0.1) is 11.3 Å².